The zero-order valence-electron chi connectivity index (χ0n) is 11.2. The van der Waals surface area contributed by atoms with Gasteiger partial charge in [0.25, 0.3) is 0 Å². The van der Waals surface area contributed by atoms with Crippen LogP contribution in [0.15, 0.2) is 18.2 Å². The van der Waals surface area contributed by atoms with Crippen molar-refractivity contribution in [1.29, 1.82) is 0 Å². The summed E-state index contributed by atoms with van der Waals surface area (Å²) in [5, 5.41) is 13.9. The summed E-state index contributed by atoms with van der Waals surface area (Å²) in [6, 6.07) is 6.66. The number of nitrogens with zero attached hydrogens (tertiary/aromatic N) is 1. The third kappa shape index (κ3) is 1.93. The van der Waals surface area contributed by atoms with Crippen LogP contribution in [0, 0.1) is 0 Å². The third-order valence-electron chi connectivity index (χ3n) is 4.67. The van der Waals surface area contributed by atoms with Gasteiger partial charge in [-0.05, 0) is 24.1 Å². The van der Waals surface area contributed by atoms with Gasteiger partial charge in [-0.1, -0.05) is 6.07 Å². The summed E-state index contributed by atoms with van der Waals surface area (Å²) >= 11 is 0. The topological polar surface area (TPSA) is 61.8 Å². The van der Waals surface area contributed by atoms with Crippen molar-refractivity contribution in [3.8, 4) is 0 Å². The molecule has 1 aromatic carbocycles. The molecule has 0 aliphatic carbocycles. The first-order chi connectivity index (χ1) is 9.70. The molecule has 3 unspecified atom stereocenters. The summed E-state index contributed by atoms with van der Waals surface area (Å²) < 4.78 is 4.99. The van der Waals surface area contributed by atoms with Crippen LogP contribution in [0.25, 0.3) is 0 Å². The molecule has 0 amide bonds. The molecule has 106 valence electrons. The summed E-state index contributed by atoms with van der Waals surface area (Å²) in [6.07, 6.45) is 0.689. The number of hydrogen-bond acceptors (Lipinski definition) is 5. The van der Waals surface area contributed by atoms with Gasteiger partial charge in [0.2, 0.25) is 0 Å². The summed E-state index contributed by atoms with van der Waals surface area (Å²) in [5.74, 6) is -0.260. The summed E-state index contributed by atoms with van der Waals surface area (Å²) in [5.41, 5.74) is 2.39. The van der Waals surface area contributed by atoms with Gasteiger partial charge >= 0.3 is 5.97 Å². The first-order valence-corrected chi connectivity index (χ1v) is 7.16. The van der Waals surface area contributed by atoms with Gasteiger partial charge in [0.05, 0.1) is 11.7 Å². The lowest BCUT2D eigenvalue weighted by molar-refractivity contribution is 0.0535. The fourth-order valence-corrected chi connectivity index (χ4v) is 3.56. The number of hydrogen-bond donors (Lipinski definition) is 2. The largest absolute Gasteiger partial charge is 0.457 e. The molecule has 0 spiro atoms. The van der Waals surface area contributed by atoms with Gasteiger partial charge in [-0.15, -0.1) is 0 Å². The number of nitrogens with one attached hydrogen (secondary N) is 1. The van der Waals surface area contributed by atoms with Crippen LogP contribution in [0.2, 0.25) is 0 Å². The Bertz CT molecular complexity index is 560. The number of esters is 1. The van der Waals surface area contributed by atoms with Crippen LogP contribution in [-0.4, -0.2) is 47.7 Å². The molecular formula is C15H18N2O3. The Morgan fingerprint density at radius 3 is 3.15 bits per heavy atom. The smallest absolute Gasteiger partial charge is 0.338 e. The van der Waals surface area contributed by atoms with E-state index in [2.05, 4.69) is 10.2 Å². The third-order valence-corrected chi connectivity index (χ3v) is 4.67. The van der Waals surface area contributed by atoms with Gasteiger partial charge in [0, 0.05) is 37.3 Å². The number of aliphatic hydroxyl groups excluding tert-OH is 1. The van der Waals surface area contributed by atoms with Crippen LogP contribution >= 0.6 is 0 Å². The SMILES string of the molecule is O=C1OCc2cc(C(O)CN3CC4CC3CN4)ccc21. The van der Waals surface area contributed by atoms with Crippen LogP contribution < -0.4 is 5.32 Å². The van der Waals surface area contributed by atoms with Crippen molar-refractivity contribution >= 4 is 5.97 Å². The molecule has 2 bridgehead atoms. The van der Waals surface area contributed by atoms with E-state index in [4.69, 9.17) is 4.74 Å². The number of fused-ring (bicyclic) bond motifs is 3. The maximum Gasteiger partial charge on any atom is 0.338 e. The highest BCUT2D eigenvalue weighted by Crippen LogP contribution is 2.28. The minimum absolute atomic E-state index is 0.260. The van der Waals surface area contributed by atoms with Crippen LogP contribution in [0.5, 0.6) is 0 Å². The number of carbonyl (C=O) groups is 1. The van der Waals surface area contributed by atoms with Crippen molar-refractivity contribution in [2.24, 2.45) is 0 Å². The van der Waals surface area contributed by atoms with E-state index in [1.807, 2.05) is 12.1 Å². The molecular weight excluding hydrogens is 256 g/mol. The van der Waals surface area contributed by atoms with Crippen LogP contribution in [0.3, 0.4) is 0 Å². The maximum absolute atomic E-state index is 11.4. The van der Waals surface area contributed by atoms with Crippen molar-refractivity contribution in [2.45, 2.75) is 31.2 Å². The van der Waals surface area contributed by atoms with Crippen LogP contribution in [0.1, 0.15) is 34.0 Å². The predicted octanol–water partition coefficient (Wildman–Crippen LogP) is 0.436. The van der Waals surface area contributed by atoms with Gasteiger partial charge in [0.1, 0.15) is 6.61 Å². The lowest BCUT2D eigenvalue weighted by atomic mass is 10.0. The van der Waals surface area contributed by atoms with Crippen molar-refractivity contribution in [3.05, 3.63) is 34.9 Å². The van der Waals surface area contributed by atoms with Crippen molar-refractivity contribution in [1.82, 2.24) is 10.2 Å². The minimum Gasteiger partial charge on any atom is -0.457 e. The highest BCUT2D eigenvalue weighted by atomic mass is 16.5. The lowest BCUT2D eigenvalue weighted by Gasteiger charge is -2.29. The molecule has 2 fully saturated rings. The molecule has 2 N–H and O–H groups in total. The second-order valence-corrected chi connectivity index (χ2v) is 5.96. The number of carbonyl (C=O) groups excluding carboxylic acids is 1. The van der Waals surface area contributed by atoms with E-state index >= 15 is 0 Å². The van der Waals surface area contributed by atoms with E-state index in [9.17, 15) is 9.90 Å². The zero-order valence-corrected chi connectivity index (χ0v) is 11.2. The number of likely N-dealkylation sites (tertiary alicyclic amines) is 1. The second kappa shape index (κ2) is 4.55. The Morgan fingerprint density at radius 1 is 1.50 bits per heavy atom. The number of rotatable bonds is 3. The molecule has 1 aromatic rings. The Morgan fingerprint density at radius 2 is 2.40 bits per heavy atom. The molecule has 2 saturated heterocycles. The van der Waals surface area contributed by atoms with Gasteiger partial charge in [-0.3, -0.25) is 4.90 Å². The lowest BCUT2D eigenvalue weighted by Crippen LogP contribution is -2.45. The average Bonchev–Trinajstić information content (AvgIpc) is 3.14. The first kappa shape index (κ1) is 12.3. The van der Waals surface area contributed by atoms with E-state index in [0.29, 0.717) is 30.8 Å². The Hall–Kier alpha value is -1.43. The molecule has 0 aromatic heterocycles. The van der Waals surface area contributed by atoms with E-state index in [1.54, 1.807) is 6.07 Å². The number of benzene rings is 1. The normalized spacial score (nSPS) is 29.6. The Labute approximate surface area is 117 Å². The van der Waals surface area contributed by atoms with E-state index < -0.39 is 6.10 Å². The highest BCUT2D eigenvalue weighted by molar-refractivity contribution is 5.93. The number of piperazine rings is 1. The quantitative estimate of drug-likeness (QED) is 0.783. The molecule has 3 atom stereocenters. The fourth-order valence-electron chi connectivity index (χ4n) is 3.56. The number of ether oxygens (including phenoxy) is 1. The maximum atomic E-state index is 11.4. The van der Waals surface area contributed by atoms with E-state index in [0.717, 1.165) is 24.2 Å². The predicted molar refractivity (Wildman–Crippen MR) is 72.3 cm³/mol. The summed E-state index contributed by atoms with van der Waals surface area (Å²) in [6.45, 7) is 3.04. The monoisotopic (exact) mass is 274 g/mol. The number of cyclic esters (lactones) is 1. The summed E-state index contributed by atoms with van der Waals surface area (Å²) in [4.78, 5) is 13.8. The van der Waals surface area contributed by atoms with Crippen molar-refractivity contribution < 1.29 is 14.6 Å². The van der Waals surface area contributed by atoms with E-state index in [-0.39, 0.29) is 5.97 Å². The Balaban J connectivity index is 1.49. The minimum atomic E-state index is -0.504. The van der Waals surface area contributed by atoms with Crippen LogP contribution in [0.4, 0.5) is 0 Å². The molecule has 3 aliphatic heterocycles. The molecule has 3 heterocycles. The van der Waals surface area contributed by atoms with Gasteiger partial charge < -0.3 is 15.2 Å². The standard InChI is InChI=1S/C15H18N2O3/c18-14(7-17-6-11-4-12(17)5-16-11)9-1-2-13-10(3-9)8-20-15(13)19/h1-3,11-12,14,16,18H,4-8H2. The van der Waals surface area contributed by atoms with Crippen molar-refractivity contribution in [2.75, 3.05) is 19.6 Å². The fraction of sp³-hybridized carbons (Fsp3) is 0.533. The van der Waals surface area contributed by atoms with E-state index in [1.165, 1.54) is 6.42 Å². The molecule has 5 nitrogen and oxygen atoms in total. The number of aliphatic hydroxyl groups is 1. The van der Waals surface area contributed by atoms with Crippen LogP contribution in [-0.2, 0) is 11.3 Å². The molecule has 4 rings (SSSR count). The number of β-amino-alcohol motifs (C(OH)–C–C–N with tert-alkyl or cyclic N) is 1. The molecule has 5 heteroatoms. The zero-order chi connectivity index (χ0) is 13.7. The van der Waals surface area contributed by atoms with Crippen molar-refractivity contribution in [3.63, 3.8) is 0 Å². The molecule has 20 heavy (non-hydrogen) atoms. The molecule has 0 saturated carbocycles. The van der Waals surface area contributed by atoms with Gasteiger partial charge in [-0.2, -0.15) is 0 Å². The molecule has 3 aliphatic rings. The molecule has 0 radical (unpaired) electrons. The average molecular weight is 274 g/mol. The van der Waals surface area contributed by atoms with Gasteiger partial charge in [-0.25, -0.2) is 4.79 Å². The first-order valence-electron chi connectivity index (χ1n) is 7.16. The summed E-state index contributed by atoms with van der Waals surface area (Å²) in [7, 11) is 0. The van der Waals surface area contributed by atoms with Gasteiger partial charge in [0.15, 0.2) is 0 Å². The highest BCUT2D eigenvalue weighted by Gasteiger charge is 2.38. The Kier molecular flexibility index (Phi) is 2.80. The second-order valence-electron chi connectivity index (χ2n) is 5.96.